The molecule has 0 heterocycles. The van der Waals surface area contributed by atoms with Gasteiger partial charge in [0.1, 0.15) is 5.92 Å². The summed E-state index contributed by atoms with van der Waals surface area (Å²) in [7, 11) is 0. The van der Waals surface area contributed by atoms with Crippen molar-refractivity contribution in [1.29, 1.82) is 0 Å². The summed E-state index contributed by atoms with van der Waals surface area (Å²) < 4.78 is 38.8. The molecule has 6 heteroatoms. The molecule has 1 atom stereocenters. The highest BCUT2D eigenvalue weighted by Crippen LogP contribution is 2.28. The molecule has 0 aliphatic rings. The average Bonchev–Trinajstić information content (AvgIpc) is 2.24. The van der Waals surface area contributed by atoms with Crippen molar-refractivity contribution >= 4 is 17.2 Å². The number of hydrogen-bond acceptors (Lipinski definition) is 2. The van der Waals surface area contributed by atoms with Crippen molar-refractivity contribution in [2.24, 2.45) is 17.6 Å². The molecular weight excluding hydrogens is 273 g/mol. The molecular formula is C13H25F3N2S. The Hall–Kier alpha value is -0.360. The first-order chi connectivity index (χ1) is 8.63. The van der Waals surface area contributed by atoms with Crippen LogP contribution in [0.5, 0.6) is 0 Å². The predicted molar refractivity (Wildman–Crippen MR) is 77.1 cm³/mol. The third kappa shape index (κ3) is 6.56. The van der Waals surface area contributed by atoms with Gasteiger partial charge in [-0.05, 0) is 18.8 Å². The van der Waals surface area contributed by atoms with Gasteiger partial charge < -0.3 is 5.73 Å². The summed E-state index contributed by atoms with van der Waals surface area (Å²) in [5, 5.41) is 0. The van der Waals surface area contributed by atoms with Gasteiger partial charge in [0.2, 0.25) is 0 Å². The van der Waals surface area contributed by atoms with E-state index in [-0.39, 0.29) is 12.6 Å². The third-order valence-corrected chi connectivity index (χ3v) is 3.50. The van der Waals surface area contributed by atoms with Gasteiger partial charge in [0, 0.05) is 19.1 Å². The fraction of sp³-hybridized carbons (Fsp3) is 0.923. The Kier molecular flexibility index (Phi) is 7.89. The van der Waals surface area contributed by atoms with E-state index >= 15 is 0 Å². The summed E-state index contributed by atoms with van der Waals surface area (Å²) in [6.45, 7) is 8.47. The minimum atomic E-state index is -4.37. The van der Waals surface area contributed by atoms with E-state index in [1.807, 2.05) is 32.6 Å². The van der Waals surface area contributed by atoms with Crippen LogP contribution in [0, 0.1) is 11.8 Å². The Labute approximate surface area is 119 Å². The maximum Gasteiger partial charge on any atom is 0.399 e. The first-order valence-electron chi connectivity index (χ1n) is 6.73. The van der Waals surface area contributed by atoms with E-state index < -0.39 is 17.1 Å². The molecule has 114 valence electrons. The molecule has 0 rings (SSSR count). The molecule has 2 N–H and O–H groups in total. The van der Waals surface area contributed by atoms with Crippen LogP contribution in [0.3, 0.4) is 0 Å². The van der Waals surface area contributed by atoms with E-state index in [1.54, 1.807) is 0 Å². The van der Waals surface area contributed by atoms with Crippen LogP contribution in [-0.2, 0) is 0 Å². The molecule has 0 aromatic heterocycles. The lowest BCUT2D eigenvalue weighted by atomic mass is 10.0. The fourth-order valence-electron chi connectivity index (χ4n) is 2.24. The van der Waals surface area contributed by atoms with Crippen LogP contribution >= 0.6 is 12.2 Å². The van der Waals surface area contributed by atoms with Gasteiger partial charge in [0.25, 0.3) is 0 Å². The van der Waals surface area contributed by atoms with E-state index in [4.69, 9.17) is 5.73 Å². The Morgan fingerprint density at radius 3 is 1.89 bits per heavy atom. The van der Waals surface area contributed by atoms with Crippen LogP contribution in [0.25, 0.3) is 0 Å². The highest BCUT2D eigenvalue weighted by atomic mass is 32.1. The van der Waals surface area contributed by atoms with Gasteiger partial charge in [0.15, 0.2) is 0 Å². The number of halogens is 3. The lowest BCUT2D eigenvalue weighted by Gasteiger charge is -2.35. The minimum Gasteiger partial charge on any atom is -0.393 e. The molecule has 0 aromatic rings. The monoisotopic (exact) mass is 298 g/mol. The summed E-state index contributed by atoms with van der Waals surface area (Å²) >= 11 is 4.59. The zero-order chi connectivity index (χ0) is 15.2. The molecule has 0 saturated carbocycles. The first-order valence-corrected chi connectivity index (χ1v) is 7.14. The van der Waals surface area contributed by atoms with Crippen molar-refractivity contribution in [1.82, 2.24) is 4.90 Å². The quantitative estimate of drug-likeness (QED) is 0.694. The molecule has 0 fully saturated rings. The smallest absolute Gasteiger partial charge is 0.393 e. The van der Waals surface area contributed by atoms with Gasteiger partial charge in [-0.2, -0.15) is 13.2 Å². The second kappa shape index (κ2) is 8.04. The van der Waals surface area contributed by atoms with Crippen LogP contribution < -0.4 is 5.73 Å². The highest BCUT2D eigenvalue weighted by molar-refractivity contribution is 7.80. The number of nitrogens with zero attached hydrogens (tertiary/aromatic N) is 1. The first kappa shape index (κ1) is 18.6. The molecule has 0 saturated heterocycles. The summed E-state index contributed by atoms with van der Waals surface area (Å²) in [6.07, 6.45) is -2.72. The van der Waals surface area contributed by atoms with E-state index in [0.717, 1.165) is 12.8 Å². The largest absolute Gasteiger partial charge is 0.399 e. The molecule has 1 unspecified atom stereocenters. The second-order valence-corrected chi connectivity index (χ2v) is 5.79. The Morgan fingerprint density at radius 2 is 1.63 bits per heavy atom. The summed E-state index contributed by atoms with van der Waals surface area (Å²) in [5.41, 5.74) is 5.27. The van der Waals surface area contributed by atoms with Crippen molar-refractivity contribution in [3.05, 3.63) is 0 Å². The number of nitrogens with two attached hydrogens (primary N) is 1. The van der Waals surface area contributed by atoms with E-state index in [0.29, 0.717) is 12.5 Å². The Morgan fingerprint density at radius 1 is 1.16 bits per heavy atom. The normalized spacial score (nSPS) is 14.4. The van der Waals surface area contributed by atoms with Gasteiger partial charge in [-0.25, -0.2) is 0 Å². The summed E-state index contributed by atoms with van der Waals surface area (Å²) in [6, 6.07) is 0.140. The van der Waals surface area contributed by atoms with E-state index in [1.165, 1.54) is 0 Å². The number of hydrogen-bond donors (Lipinski definition) is 1. The lowest BCUT2D eigenvalue weighted by molar-refractivity contribution is -0.161. The van der Waals surface area contributed by atoms with Gasteiger partial charge in [-0.1, -0.05) is 39.9 Å². The third-order valence-electron chi connectivity index (χ3n) is 3.21. The maximum absolute atomic E-state index is 12.9. The number of alkyl halides is 3. The Balaban J connectivity index is 5.00. The van der Waals surface area contributed by atoms with Gasteiger partial charge in [-0.15, -0.1) is 0 Å². The summed E-state index contributed by atoms with van der Waals surface area (Å²) in [4.78, 5) is 1.41. The van der Waals surface area contributed by atoms with Crippen LogP contribution in [0.15, 0.2) is 0 Å². The maximum atomic E-state index is 12.9. The van der Waals surface area contributed by atoms with Crippen molar-refractivity contribution in [3.63, 3.8) is 0 Å². The molecule has 0 amide bonds. The van der Waals surface area contributed by atoms with Crippen LogP contribution in [-0.4, -0.2) is 35.2 Å². The van der Waals surface area contributed by atoms with Gasteiger partial charge >= 0.3 is 6.18 Å². The molecule has 0 bridgehead atoms. The van der Waals surface area contributed by atoms with Gasteiger partial charge in [-0.3, -0.25) is 4.90 Å². The van der Waals surface area contributed by atoms with Crippen molar-refractivity contribution in [2.45, 2.75) is 52.8 Å². The average molecular weight is 298 g/mol. The van der Waals surface area contributed by atoms with Crippen molar-refractivity contribution < 1.29 is 13.2 Å². The van der Waals surface area contributed by atoms with E-state index in [9.17, 15) is 13.2 Å². The SMILES string of the molecule is CCC(CC)N(CC(C)C)CC(C(N)=S)C(F)(F)F. The molecule has 19 heavy (non-hydrogen) atoms. The molecule has 0 aromatic carbocycles. The lowest BCUT2D eigenvalue weighted by Crippen LogP contribution is -2.47. The van der Waals surface area contributed by atoms with Crippen LogP contribution in [0.4, 0.5) is 13.2 Å². The molecule has 0 spiro atoms. The second-order valence-electron chi connectivity index (χ2n) is 5.31. The molecule has 0 radical (unpaired) electrons. The Bertz CT molecular complexity index is 276. The zero-order valence-corrected chi connectivity index (χ0v) is 12.9. The highest BCUT2D eigenvalue weighted by Gasteiger charge is 2.43. The van der Waals surface area contributed by atoms with Crippen molar-refractivity contribution in [2.75, 3.05) is 13.1 Å². The van der Waals surface area contributed by atoms with Crippen LogP contribution in [0.2, 0.25) is 0 Å². The fourth-order valence-corrected chi connectivity index (χ4v) is 2.44. The van der Waals surface area contributed by atoms with Crippen LogP contribution in [0.1, 0.15) is 40.5 Å². The van der Waals surface area contributed by atoms with Crippen molar-refractivity contribution in [3.8, 4) is 0 Å². The van der Waals surface area contributed by atoms with E-state index in [2.05, 4.69) is 12.2 Å². The molecule has 0 aliphatic carbocycles. The minimum absolute atomic E-state index is 0.136. The standard InChI is InChI=1S/C13H25F3N2S/c1-5-10(6-2)18(7-9(3)4)8-11(12(17)19)13(14,15)16/h9-11H,5-8H2,1-4H3,(H2,17,19). The number of thiocarbonyl (C=S) groups is 1. The zero-order valence-electron chi connectivity index (χ0n) is 12.1. The summed E-state index contributed by atoms with van der Waals surface area (Å²) in [5.74, 6) is -1.41. The topological polar surface area (TPSA) is 29.3 Å². The predicted octanol–water partition coefficient (Wildman–Crippen LogP) is 3.60. The molecule has 2 nitrogen and oxygen atoms in total. The number of rotatable bonds is 8. The van der Waals surface area contributed by atoms with Gasteiger partial charge in [0.05, 0.1) is 4.99 Å². The molecule has 0 aliphatic heterocycles.